The Morgan fingerprint density at radius 3 is 2.21 bits per heavy atom. The Morgan fingerprint density at radius 1 is 1.11 bits per heavy atom. The van der Waals surface area contributed by atoms with Gasteiger partial charge >= 0.3 is 0 Å². The highest BCUT2D eigenvalue weighted by Crippen LogP contribution is 2.32. The van der Waals surface area contributed by atoms with E-state index in [4.69, 9.17) is 26.8 Å². The second kappa shape index (κ2) is 6.28. The van der Waals surface area contributed by atoms with Crippen LogP contribution in [0.5, 0.6) is 11.5 Å². The molecule has 2 rings (SSSR count). The second-order valence-electron chi connectivity index (χ2n) is 4.21. The number of hydrogen-bond acceptors (Lipinski definition) is 4. The van der Waals surface area contributed by atoms with E-state index in [1.165, 1.54) is 11.3 Å². The van der Waals surface area contributed by atoms with E-state index >= 15 is 0 Å². The smallest absolute Gasteiger partial charge is 0.148 e. The largest absolute Gasteiger partial charge is 0.497 e. The minimum Gasteiger partial charge on any atom is -0.497 e. The van der Waals surface area contributed by atoms with Crippen LogP contribution in [0.1, 0.15) is 17.9 Å². The monoisotopic (exact) mass is 297 g/mol. The van der Waals surface area contributed by atoms with Gasteiger partial charge in [0.15, 0.2) is 0 Å². The van der Waals surface area contributed by atoms with Crippen LogP contribution in [0, 0.1) is 0 Å². The first-order valence-corrected chi connectivity index (χ1v) is 7.11. The Bertz CT molecular complexity index is 524. The van der Waals surface area contributed by atoms with E-state index in [2.05, 4.69) is 0 Å². The summed E-state index contributed by atoms with van der Waals surface area (Å²) in [4.78, 5) is 1.02. The average molecular weight is 298 g/mol. The molecule has 2 N–H and O–H groups in total. The van der Waals surface area contributed by atoms with E-state index in [0.717, 1.165) is 20.7 Å². The lowest BCUT2D eigenvalue weighted by Gasteiger charge is -2.21. The van der Waals surface area contributed by atoms with Crippen LogP contribution in [0.25, 0.3) is 0 Å². The second-order valence-corrected chi connectivity index (χ2v) is 5.96. The zero-order chi connectivity index (χ0) is 13.8. The Kier molecular flexibility index (Phi) is 4.69. The Balaban J connectivity index is 2.16. The predicted octanol–water partition coefficient (Wildman–Crippen LogP) is 3.88. The highest BCUT2D eigenvalue weighted by molar-refractivity contribution is 7.16. The van der Waals surface area contributed by atoms with E-state index in [9.17, 15) is 0 Å². The van der Waals surface area contributed by atoms with Crippen LogP contribution in [-0.2, 0) is 0 Å². The van der Waals surface area contributed by atoms with Gasteiger partial charge < -0.3 is 15.2 Å². The molecule has 1 aromatic carbocycles. The molecule has 0 saturated carbocycles. The molecule has 2 unspecified atom stereocenters. The molecule has 1 aromatic heterocycles. The molecular formula is C14H16ClNO2S. The average Bonchev–Trinajstić information content (AvgIpc) is 2.82. The first-order valence-electron chi connectivity index (χ1n) is 5.91. The van der Waals surface area contributed by atoms with Crippen LogP contribution in [0.2, 0.25) is 4.34 Å². The molecule has 19 heavy (non-hydrogen) atoms. The van der Waals surface area contributed by atoms with Gasteiger partial charge in [0.05, 0.1) is 11.4 Å². The van der Waals surface area contributed by atoms with Crippen LogP contribution >= 0.6 is 22.9 Å². The fourth-order valence-electron chi connectivity index (χ4n) is 1.71. The summed E-state index contributed by atoms with van der Waals surface area (Å²) >= 11 is 7.44. The molecule has 0 radical (unpaired) electrons. The van der Waals surface area contributed by atoms with Crippen LogP contribution in [0.15, 0.2) is 36.4 Å². The summed E-state index contributed by atoms with van der Waals surface area (Å²) in [6, 6.07) is 11.1. The van der Waals surface area contributed by atoms with Gasteiger partial charge in [-0.25, -0.2) is 0 Å². The lowest BCUT2D eigenvalue weighted by Crippen LogP contribution is -2.28. The molecule has 0 aliphatic rings. The SMILES string of the molecule is COc1ccc(OC(c2ccc(Cl)s2)C(C)N)cc1. The molecule has 0 fully saturated rings. The summed E-state index contributed by atoms with van der Waals surface area (Å²) in [6.45, 7) is 1.92. The van der Waals surface area contributed by atoms with Crippen molar-refractivity contribution in [3.8, 4) is 11.5 Å². The fourth-order valence-corrected chi connectivity index (χ4v) is 2.91. The molecule has 2 aromatic rings. The van der Waals surface area contributed by atoms with Gasteiger partial charge in [-0.1, -0.05) is 11.6 Å². The van der Waals surface area contributed by atoms with Crippen LogP contribution in [0.4, 0.5) is 0 Å². The van der Waals surface area contributed by atoms with Gasteiger partial charge in [-0.3, -0.25) is 0 Å². The molecule has 2 atom stereocenters. The molecule has 0 spiro atoms. The van der Waals surface area contributed by atoms with Crippen molar-refractivity contribution in [3.05, 3.63) is 45.6 Å². The maximum atomic E-state index is 6.00. The van der Waals surface area contributed by atoms with Gasteiger partial charge in [-0.2, -0.15) is 0 Å². The highest BCUT2D eigenvalue weighted by atomic mass is 35.5. The zero-order valence-corrected chi connectivity index (χ0v) is 12.4. The number of halogens is 1. The number of hydrogen-bond donors (Lipinski definition) is 1. The Morgan fingerprint density at radius 2 is 1.74 bits per heavy atom. The van der Waals surface area contributed by atoms with Gasteiger partial charge in [0.1, 0.15) is 17.6 Å². The number of ether oxygens (including phenoxy) is 2. The molecule has 0 amide bonds. The van der Waals surface area contributed by atoms with E-state index in [1.807, 2.05) is 43.3 Å². The summed E-state index contributed by atoms with van der Waals surface area (Å²) in [7, 11) is 1.63. The Hall–Kier alpha value is -1.23. The number of rotatable bonds is 5. The number of thiophene rings is 1. The fraction of sp³-hybridized carbons (Fsp3) is 0.286. The van der Waals surface area contributed by atoms with E-state index in [-0.39, 0.29) is 12.1 Å². The molecule has 3 nitrogen and oxygen atoms in total. The summed E-state index contributed by atoms with van der Waals surface area (Å²) in [6.07, 6.45) is -0.203. The topological polar surface area (TPSA) is 44.5 Å². The van der Waals surface area contributed by atoms with E-state index < -0.39 is 0 Å². The normalized spacial score (nSPS) is 13.9. The third kappa shape index (κ3) is 3.62. The van der Waals surface area contributed by atoms with E-state index in [0.29, 0.717) is 0 Å². The molecular weight excluding hydrogens is 282 g/mol. The number of benzene rings is 1. The van der Waals surface area contributed by atoms with Crippen LogP contribution < -0.4 is 15.2 Å². The van der Waals surface area contributed by atoms with Crippen molar-refractivity contribution >= 4 is 22.9 Å². The van der Waals surface area contributed by atoms with Crippen molar-refractivity contribution in [1.29, 1.82) is 0 Å². The molecule has 1 heterocycles. The predicted molar refractivity (Wildman–Crippen MR) is 79.3 cm³/mol. The number of methoxy groups -OCH3 is 1. The Labute approximate surface area is 121 Å². The molecule has 102 valence electrons. The van der Waals surface area contributed by atoms with Crippen molar-refractivity contribution in [2.45, 2.75) is 19.1 Å². The van der Waals surface area contributed by atoms with Crippen molar-refractivity contribution in [2.75, 3.05) is 7.11 Å². The number of nitrogens with two attached hydrogens (primary N) is 1. The van der Waals surface area contributed by atoms with Crippen molar-refractivity contribution < 1.29 is 9.47 Å². The van der Waals surface area contributed by atoms with Gasteiger partial charge in [0.2, 0.25) is 0 Å². The van der Waals surface area contributed by atoms with Gasteiger partial charge in [-0.05, 0) is 43.3 Å². The highest BCUT2D eigenvalue weighted by Gasteiger charge is 2.20. The van der Waals surface area contributed by atoms with Crippen molar-refractivity contribution in [2.24, 2.45) is 5.73 Å². The maximum absolute atomic E-state index is 6.00. The summed E-state index contributed by atoms with van der Waals surface area (Å²) in [5.74, 6) is 1.55. The standard InChI is InChI=1S/C14H16ClNO2S/c1-9(16)14(12-7-8-13(15)19-12)18-11-5-3-10(17-2)4-6-11/h3-9,14H,16H2,1-2H3. The summed E-state index contributed by atoms with van der Waals surface area (Å²) < 4.78 is 11.8. The first-order chi connectivity index (χ1) is 9.10. The van der Waals surface area contributed by atoms with Gasteiger partial charge in [0, 0.05) is 10.9 Å². The quantitative estimate of drug-likeness (QED) is 0.911. The molecule has 0 saturated heterocycles. The maximum Gasteiger partial charge on any atom is 0.148 e. The lowest BCUT2D eigenvalue weighted by molar-refractivity contribution is 0.184. The van der Waals surface area contributed by atoms with E-state index in [1.54, 1.807) is 7.11 Å². The minimum absolute atomic E-state index is 0.128. The summed E-state index contributed by atoms with van der Waals surface area (Å²) in [5.41, 5.74) is 6.00. The third-order valence-corrected chi connectivity index (χ3v) is 3.97. The van der Waals surface area contributed by atoms with Gasteiger partial charge in [0.25, 0.3) is 0 Å². The van der Waals surface area contributed by atoms with Crippen molar-refractivity contribution in [3.63, 3.8) is 0 Å². The lowest BCUT2D eigenvalue weighted by atomic mass is 10.1. The van der Waals surface area contributed by atoms with Gasteiger partial charge in [-0.15, -0.1) is 11.3 Å². The first kappa shape index (κ1) is 14.2. The third-order valence-electron chi connectivity index (χ3n) is 2.67. The van der Waals surface area contributed by atoms with Crippen LogP contribution in [-0.4, -0.2) is 13.2 Å². The molecule has 5 heteroatoms. The molecule has 0 bridgehead atoms. The molecule has 0 aliphatic carbocycles. The summed E-state index contributed by atoms with van der Waals surface area (Å²) in [5, 5.41) is 0. The minimum atomic E-state index is -0.203. The zero-order valence-electron chi connectivity index (χ0n) is 10.8. The van der Waals surface area contributed by atoms with Crippen molar-refractivity contribution in [1.82, 2.24) is 0 Å². The van der Waals surface area contributed by atoms with Crippen LogP contribution in [0.3, 0.4) is 0 Å². The molecule has 0 aliphatic heterocycles.